The molecule has 0 unspecified atom stereocenters. The van der Waals surface area contributed by atoms with Crippen molar-refractivity contribution in [1.82, 2.24) is 5.16 Å². The zero-order valence-corrected chi connectivity index (χ0v) is 16.6. The minimum absolute atomic E-state index is 0.0572. The average Bonchev–Trinajstić information content (AvgIpc) is 3.22. The lowest BCUT2D eigenvalue weighted by molar-refractivity contribution is -0.135. The maximum Gasteiger partial charge on any atom is 0.325 e. The third-order valence-corrected chi connectivity index (χ3v) is 4.67. The van der Waals surface area contributed by atoms with Crippen molar-refractivity contribution < 1.29 is 19.2 Å². The third kappa shape index (κ3) is 4.72. The third-order valence-electron chi connectivity index (χ3n) is 4.67. The first-order valence-electron chi connectivity index (χ1n) is 9.23. The highest BCUT2D eigenvalue weighted by molar-refractivity contribution is 6.09. The van der Waals surface area contributed by atoms with Crippen LogP contribution in [0, 0.1) is 0 Å². The molecule has 8 heteroatoms. The van der Waals surface area contributed by atoms with Crippen LogP contribution in [-0.2, 0) is 10.2 Å². The number of carboxylic acids is 1. The van der Waals surface area contributed by atoms with Gasteiger partial charge in [0.1, 0.15) is 6.54 Å². The van der Waals surface area contributed by atoms with E-state index in [2.05, 4.69) is 15.5 Å². The molecule has 1 heterocycles. The first-order chi connectivity index (χ1) is 14.3. The quantitative estimate of drug-likeness (QED) is 0.312. The number of rotatable bonds is 7. The summed E-state index contributed by atoms with van der Waals surface area (Å²) in [5.41, 5.74) is 7.78. The number of hydrogen-bond acceptors (Lipinski definition) is 5. The predicted molar refractivity (Wildman–Crippen MR) is 113 cm³/mol. The van der Waals surface area contributed by atoms with Crippen molar-refractivity contribution in [3.8, 4) is 0 Å². The summed E-state index contributed by atoms with van der Waals surface area (Å²) in [6.45, 7) is 3.47. The van der Waals surface area contributed by atoms with Gasteiger partial charge in [-0.3, -0.25) is 14.9 Å². The van der Waals surface area contributed by atoms with Crippen LogP contribution in [0.25, 0.3) is 0 Å². The Morgan fingerprint density at radius 2 is 1.80 bits per heavy atom. The van der Waals surface area contributed by atoms with Gasteiger partial charge in [-0.1, -0.05) is 67.5 Å². The molecular weight excluding hydrogens is 384 g/mol. The zero-order chi connectivity index (χ0) is 21.7. The smallest absolute Gasteiger partial charge is 0.325 e. The molecule has 0 bridgehead atoms. The van der Waals surface area contributed by atoms with Crippen LogP contribution in [0.1, 0.15) is 41.0 Å². The summed E-state index contributed by atoms with van der Waals surface area (Å²) < 4.78 is 5.26. The fourth-order valence-electron chi connectivity index (χ4n) is 2.90. The van der Waals surface area contributed by atoms with E-state index in [0.717, 1.165) is 5.56 Å². The highest BCUT2D eigenvalue weighted by atomic mass is 16.5. The van der Waals surface area contributed by atoms with Crippen molar-refractivity contribution in [1.29, 1.82) is 0 Å². The van der Waals surface area contributed by atoms with E-state index < -0.39 is 17.9 Å². The number of anilines is 1. The summed E-state index contributed by atoms with van der Waals surface area (Å²) >= 11 is 0. The van der Waals surface area contributed by atoms with Gasteiger partial charge in [-0.15, -0.1) is 0 Å². The number of carbonyl (C=O) groups excluding carboxylic acids is 1. The first-order valence-corrected chi connectivity index (χ1v) is 9.23. The van der Waals surface area contributed by atoms with Crippen molar-refractivity contribution in [2.75, 3.05) is 11.9 Å². The lowest BCUT2D eigenvalue weighted by Gasteiger charge is -2.22. The van der Waals surface area contributed by atoms with Crippen molar-refractivity contribution in [2.24, 2.45) is 10.7 Å². The standard InChI is InChI=1S/C22H22N4O4/c1-22(2,17-12-18(30-26-17)25-21(23)24-13-19(27)28)16-10-6-9-15(11-16)20(29)14-7-4-3-5-8-14/h3-12H,13H2,1-2H3,(H,27,28)(H3,23,24,25). The Hall–Kier alpha value is -3.94. The number of aliphatic imine (C=N–C) groups is 1. The van der Waals surface area contributed by atoms with Gasteiger partial charge in [0.25, 0.3) is 0 Å². The fourth-order valence-corrected chi connectivity index (χ4v) is 2.90. The highest BCUT2D eigenvalue weighted by Crippen LogP contribution is 2.32. The van der Waals surface area contributed by atoms with Crippen molar-refractivity contribution in [2.45, 2.75) is 19.3 Å². The second kappa shape index (κ2) is 8.60. The van der Waals surface area contributed by atoms with Gasteiger partial charge in [-0.25, -0.2) is 4.99 Å². The number of hydrogen-bond donors (Lipinski definition) is 3. The number of guanidine groups is 1. The molecular formula is C22H22N4O4. The minimum atomic E-state index is -1.09. The summed E-state index contributed by atoms with van der Waals surface area (Å²) in [6.07, 6.45) is 0. The summed E-state index contributed by atoms with van der Waals surface area (Å²) in [7, 11) is 0. The van der Waals surface area contributed by atoms with E-state index in [1.807, 2.05) is 50.2 Å². The molecule has 0 saturated heterocycles. The van der Waals surface area contributed by atoms with E-state index in [1.165, 1.54) is 0 Å². The van der Waals surface area contributed by atoms with E-state index in [4.69, 9.17) is 15.4 Å². The summed E-state index contributed by atoms with van der Waals surface area (Å²) in [4.78, 5) is 27.0. The Bertz CT molecular complexity index is 1090. The van der Waals surface area contributed by atoms with Gasteiger partial charge in [0, 0.05) is 22.6 Å². The van der Waals surface area contributed by atoms with Crippen LogP contribution in [0.5, 0.6) is 0 Å². The molecule has 3 aromatic rings. The number of aliphatic carboxylic acids is 1. The highest BCUT2D eigenvalue weighted by Gasteiger charge is 2.28. The normalized spacial score (nSPS) is 11.9. The Morgan fingerprint density at radius 3 is 2.50 bits per heavy atom. The molecule has 0 saturated carbocycles. The van der Waals surface area contributed by atoms with E-state index in [0.29, 0.717) is 16.8 Å². The summed E-state index contributed by atoms with van der Waals surface area (Å²) in [6, 6.07) is 18.1. The number of ketones is 1. The first kappa shape index (κ1) is 20.8. The Morgan fingerprint density at radius 1 is 1.10 bits per heavy atom. The summed E-state index contributed by atoms with van der Waals surface area (Å²) in [5, 5.41) is 15.4. The molecule has 0 spiro atoms. The molecule has 0 atom stereocenters. The molecule has 154 valence electrons. The number of aromatic nitrogens is 1. The zero-order valence-electron chi connectivity index (χ0n) is 16.6. The van der Waals surface area contributed by atoms with Crippen LogP contribution in [-0.4, -0.2) is 34.5 Å². The molecule has 1 aromatic heterocycles. The molecule has 0 aliphatic carbocycles. The Balaban J connectivity index is 1.82. The van der Waals surface area contributed by atoms with Crippen LogP contribution >= 0.6 is 0 Å². The minimum Gasteiger partial charge on any atom is -0.480 e. The van der Waals surface area contributed by atoms with Gasteiger partial charge in [0.05, 0.1) is 5.69 Å². The lowest BCUT2D eigenvalue weighted by atomic mass is 9.80. The molecule has 30 heavy (non-hydrogen) atoms. The van der Waals surface area contributed by atoms with Gasteiger partial charge < -0.3 is 15.4 Å². The van der Waals surface area contributed by atoms with E-state index in [-0.39, 0.29) is 17.6 Å². The molecule has 0 radical (unpaired) electrons. The molecule has 2 aromatic carbocycles. The number of nitrogens with two attached hydrogens (primary N) is 1. The average molecular weight is 406 g/mol. The van der Waals surface area contributed by atoms with E-state index >= 15 is 0 Å². The van der Waals surface area contributed by atoms with Gasteiger partial charge in [0.15, 0.2) is 11.7 Å². The van der Waals surface area contributed by atoms with Crippen LogP contribution in [0.2, 0.25) is 0 Å². The van der Waals surface area contributed by atoms with E-state index in [9.17, 15) is 9.59 Å². The topological polar surface area (TPSA) is 131 Å². The van der Waals surface area contributed by atoms with Gasteiger partial charge in [-0.2, -0.15) is 0 Å². The van der Waals surface area contributed by atoms with Crippen LogP contribution in [0.4, 0.5) is 5.88 Å². The van der Waals surface area contributed by atoms with Crippen molar-refractivity contribution in [3.05, 3.63) is 83.0 Å². The molecule has 0 aliphatic rings. The lowest BCUT2D eigenvalue weighted by Crippen LogP contribution is -2.23. The van der Waals surface area contributed by atoms with Gasteiger partial charge >= 0.3 is 5.97 Å². The van der Waals surface area contributed by atoms with Crippen molar-refractivity contribution in [3.63, 3.8) is 0 Å². The van der Waals surface area contributed by atoms with Crippen LogP contribution in [0.3, 0.4) is 0 Å². The summed E-state index contributed by atoms with van der Waals surface area (Å²) in [5.74, 6) is -1.00. The molecule has 3 rings (SSSR count). The van der Waals surface area contributed by atoms with Crippen molar-refractivity contribution >= 4 is 23.6 Å². The molecule has 0 aliphatic heterocycles. The SMILES string of the molecule is CC(C)(c1cccc(C(=O)c2ccccc2)c1)c1cc(NC(N)=NCC(=O)O)on1. The number of nitrogens with zero attached hydrogens (tertiary/aromatic N) is 2. The molecule has 0 amide bonds. The Labute approximate surface area is 173 Å². The number of nitrogens with one attached hydrogen (secondary N) is 1. The van der Waals surface area contributed by atoms with Crippen LogP contribution in [0.15, 0.2) is 70.2 Å². The number of carbonyl (C=O) groups is 2. The monoisotopic (exact) mass is 406 g/mol. The second-order valence-electron chi connectivity index (χ2n) is 7.20. The van der Waals surface area contributed by atoms with Crippen LogP contribution < -0.4 is 11.1 Å². The second-order valence-corrected chi connectivity index (χ2v) is 7.20. The maximum atomic E-state index is 12.8. The number of carboxylic acid groups (broad SMARTS) is 1. The largest absolute Gasteiger partial charge is 0.480 e. The van der Waals surface area contributed by atoms with Gasteiger partial charge in [-0.05, 0) is 11.6 Å². The molecule has 4 N–H and O–H groups in total. The predicted octanol–water partition coefficient (Wildman–Crippen LogP) is 3.04. The van der Waals surface area contributed by atoms with Gasteiger partial charge in [0.2, 0.25) is 5.88 Å². The molecule has 8 nitrogen and oxygen atoms in total. The number of benzene rings is 2. The molecule has 0 fully saturated rings. The Kier molecular flexibility index (Phi) is 5.96. The maximum absolute atomic E-state index is 12.8. The fraction of sp³-hybridized carbons (Fsp3) is 0.182. The van der Waals surface area contributed by atoms with E-state index in [1.54, 1.807) is 24.3 Å².